The Morgan fingerprint density at radius 2 is 2.14 bits per heavy atom. The van der Waals surface area contributed by atoms with Crippen molar-refractivity contribution in [1.29, 1.82) is 0 Å². The Bertz CT molecular complexity index is 1120. The highest BCUT2D eigenvalue weighted by molar-refractivity contribution is 5.98. The van der Waals surface area contributed by atoms with Gasteiger partial charge in [-0.3, -0.25) is 14.2 Å². The van der Waals surface area contributed by atoms with Crippen LogP contribution in [0.2, 0.25) is 0 Å². The minimum Gasteiger partial charge on any atom is -0.480 e. The first-order chi connectivity index (χ1) is 14.0. The van der Waals surface area contributed by atoms with Gasteiger partial charge < -0.3 is 15.2 Å². The number of ether oxygens (including phenoxy) is 1. The summed E-state index contributed by atoms with van der Waals surface area (Å²) >= 11 is 0. The molecule has 0 aliphatic carbocycles. The highest BCUT2D eigenvalue weighted by atomic mass is 16.5. The summed E-state index contributed by atoms with van der Waals surface area (Å²) in [5.41, 5.74) is -1.38. The van der Waals surface area contributed by atoms with E-state index in [4.69, 9.17) is 4.74 Å². The molecule has 148 valence electrons. The standard InChI is InChI=1S/C19H18N6O4/c1-29-16-13(4-2-7-21-16)24-18(27)19(28)6-3-9-25-15(26)10-14(23-17(19)25)12-5-8-20-11-22-12/h2,4-5,7-8,10-11,28H,3,6,9H2,1H3,(H,24,27). The van der Waals surface area contributed by atoms with Gasteiger partial charge in [0.1, 0.15) is 12.0 Å². The van der Waals surface area contributed by atoms with Crippen LogP contribution in [-0.4, -0.2) is 42.6 Å². The van der Waals surface area contributed by atoms with E-state index in [1.807, 2.05) is 0 Å². The van der Waals surface area contributed by atoms with Crippen molar-refractivity contribution >= 4 is 11.6 Å². The number of anilines is 1. The van der Waals surface area contributed by atoms with Crippen molar-refractivity contribution in [1.82, 2.24) is 24.5 Å². The summed E-state index contributed by atoms with van der Waals surface area (Å²) in [5, 5.41) is 13.9. The number of amides is 1. The second kappa shape index (κ2) is 7.40. The van der Waals surface area contributed by atoms with Crippen molar-refractivity contribution in [2.24, 2.45) is 0 Å². The summed E-state index contributed by atoms with van der Waals surface area (Å²) in [6.07, 6.45) is 4.93. The number of aliphatic hydroxyl groups is 1. The Morgan fingerprint density at radius 3 is 2.90 bits per heavy atom. The van der Waals surface area contributed by atoms with Gasteiger partial charge in [-0.1, -0.05) is 0 Å². The Labute approximate surface area is 165 Å². The molecule has 1 aliphatic rings. The summed E-state index contributed by atoms with van der Waals surface area (Å²) in [5.74, 6) is -0.533. The van der Waals surface area contributed by atoms with E-state index in [9.17, 15) is 14.7 Å². The van der Waals surface area contributed by atoms with E-state index in [0.717, 1.165) is 0 Å². The maximum absolute atomic E-state index is 13.1. The third kappa shape index (κ3) is 3.34. The van der Waals surface area contributed by atoms with Crippen molar-refractivity contribution in [2.45, 2.75) is 25.0 Å². The van der Waals surface area contributed by atoms with Gasteiger partial charge in [-0.05, 0) is 31.0 Å². The predicted molar refractivity (Wildman–Crippen MR) is 102 cm³/mol. The predicted octanol–water partition coefficient (Wildman–Crippen LogP) is 0.724. The molecule has 1 atom stereocenters. The summed E-state index contributed by atoms with van der Waals surface area (Å²) in [4.78, 5) is 42.1. The molecule has 0 saturated carbocycles. The van der Waals surface area contributed by atoms with Crippen LogP contribution in [0.3, 0.4) is 0 Å². The molecule has 4 heterocycles. The van der Waals surface area contributed by atoms with Gasteiger partial charge in [0.25, 0.3) is 11.5 Å². The van der Waals surface area contributed by atoms with E-state index >= 15 is 0 Å². The fourth-order valence-electron chi connectivity index (χ4n) is 3.31. The quantitative estimate of drug-likeness (QED) is 0.662. The van der Waals surface area contributed by atoms with Crippen LogP contribution < -0.4 is 15.6 Å². The molecule has 0 bridgehead atoms. The average molecular weight is 394 g/mol. The molecule has 2 N–H and O–H groups in total. The molecule has 1 unspecified atom stereocenters. The normalized spacial score (nSPS) is 18.0. The number of nitrogens with zero attached hydrogens (tertiary/aromatic N) is 5. The number of hydrogen-bond donors (Lipinski definition) is 2. The molecule has 10 heteroatoms. The van der Waals surface area contributed by atoms with Gasteiger partial charge in [0.2, 0.25) is 11.5 Å². The second-order valence-corrected chi connectivity index (χ2v) is 6.53. The SMILES string of the molecule is COc1ncccc1NC(=O)C1(O)CCCn2c1nc(-c1ccncn1)cc2=O. The highest BCUT2D eigenvalue weighted by Gasteiger charge is 2.44. The van der Waals surface area contributed by atoms with E-state index < -0.39 is 11.5 Å². The molecule has 4 rings (SSSR count). The molecule has 1 aliphatic heterocycles. The monoisotopic (exact) mass is 394 g/mol. The fourth-order valence-corrected chi connectivity index (χ4v) is 3.31. The number of carbonyl (C=O) groups is 1. The molecule has 0 saturated heterocycles. The van der Waals surface area contributed by atoms with Gasteiger partial charge >= 0.3 is 0 Å². The fraction of sp³-hybridized carbons (Fsp3) is 0.263. The van der Waals surface area contributed by atoms with Gasteiger partial charge in [-0.25, -0.2) is 19.9 Å². The maximum Gasteiger partial charge on any atom is 0.264 e. The van der Waals surface area contributed by atoms with E-state index in [-0.39, 0.29) is 29.4 Å². The van der Waals surface area contributed by atoms with Crippen LogP contribution in [0.25, 0.3) is 11.4 Å². The smallest absolute Gasteiger partial charge is 0.264 e. The molecule has 29 heavy (non-hydrogen) atoms. The number of nitrogens with one attached hydrogen (secondary N) is 1. The van der Waals surface area contributed by atoms with Crippen molar-refractivity contribution in [2.75, 3.05) is 12.4 Å². The molecular formula is C19H18N6O4. The molecule has 1 amide bonds. The first-order valence-electron chi connectivity index (χ1n) is 8.94. The maximum atomic E-state index is 13.1. The van der Waals surface area contributed by atoms with Gasteiger partial charge in [0.15, 0.2) is 5.82 Å². The van der Waals surface area contributed by atoms with Crippen LogP contribution in [0.1, 0.15) is 18.7 Å². The number of rotatable bonds is 4. The largest absolute Gasteiger partial charge is 0.480 e. The lowest BCUT2D eigenvalue weighted by Crippen LogP contribution is -2.48. The van der Waals surface area contributed by atoms with Crippen LogP contribution in [0.5, 0.6) is 5.88 Å². The van der Waals surface area contributed by atoms with Crippen molar-refractivity contribution in [3.05, 3.63) is 59.2 Å². The number of aromatic nitrogens is 5. The van der Waals surface area contributed by atoms with E-state index in [1.54, 1.807) is 18.2 Å². The van der Waals surface area contributed by atoms with Crippen LogP contribution in [-0.2, 0) is 16.9 Å². The van der Waals surface area contributed by atoms with Crippen molar-refractivity contribution in [3.63, 3.8) is 0 Å². The number of hydrogen-bond acceptors (Lipinski definition) is 8. The van der Waals surface area contributed by atoms with E-state index in [2.05, 4.69) is 25.3 Å². The number of carbonyl (C=O) groups excluding carboxylic acids is 1. The molecule has 3 aromatic heterocycles. The third-order valence-electron chi connectivity index (χ3n) is 4.73. The van der Waals surface area contributed by atoms with E-state index in [0.29, 0.717) is 24.3 Å². The first-order valence-corrected chi connectivity index (χ1v) is 8.94. The molecule has 3 aromatic rings. The zero-order chi connectivity index (χ0) is 20.4. The minimum atomic E-state index is -2.00. The summed E-state index contributed by atoms with van der Waals surface area (Å²) in [7, 11) is 1.43. The molecule has 0 spiro atoms. The first kappa shape index (κ1) is 18.7. The zero-order valence-corrected chi connectivity index (χ0v) is 15.6. The van der Waals surface area contributed by atoms with E-state index in [1.165, 1.54) is 36.5 Å². The zero-order valence-electron chi connectivity index (χ0n) is 15.6. The summed E-state index contributed by atoms with van der Waals surface area (Å²) in [6.45, 7) is 0.358. The van der Waals surface area contributed by atoms with Crippen molar-refractivity contribution < 1.29 is 14.6 Å². The molecule has 10 nitrogen and oxygen atoms in total. The minimum absolute atomic E-state index is 0.0229. The Balaban J connectivity index is 1.77. The van der Waals surface area contributed by atoms with Crippen molar-refractivity contribution in [3.8, 4) is 17.3 Å². The van der Waals surface area contributed by atoms with Gasteiger partial charge in [-0.2, -0.15) is 0 Å². The number of methoxy groups -OCH3 is 1. The average Bonchev–Trinajstić information content (AvgIpc) is 2.75. The Kier molecular flexibility index (Phi) is 4.77. The third-order valence-corrected chi connectivity index (χ3v) is 4.73. The highest BCUT2D eigenvalue weighted by Crippen LogP contribution is 2.32. The summed E-state index contributed by atoms with van der Waals surface area (Å²) in [6, 6.07) is 6.17. The molecular weight excluding hydrogens is 376 g/mol. The lowest BCUT2D eigenvalue weighted by atomic mass is 9.91. The summed E-state index contributed by atoms with van der Waals surface area (Å²) < 4.78 is 6.45. The Morgan fingerprint density at radius 1 is 1.28 bits per heavy atom. The molecule has 0 radical (unpaired) electrons. The second-order valence-electron chi connectivity index (χ2n) is 6.53. The van der Waals surface area contributed by atoms with Gasteiger partial charge in [-0.15, -0.1) is 0 Å². The van der Waals surface area contributed by atoms with Crippen LogP contribution in [0.4, 0.5) is 5.69 Å². The van der Waals surface area contributed by atoms with Gasteiger partial charge in [0, 0.05) is 25.0 Å². The van der Waals surface area contributed by atoms with Gasteiger partial charge in [0.05, 0.1) is 18.5 Å². The lowest BCUT2D eigenvalue weighted by Gasteiger charge is -2.32. The molecule has 0 fully saturated rings. The number of fused-ring (bicyclic) bond motifs is 1. The Hall–Kier alpha value is -3.66. The van der Waals surface area contributed by atoms with Crippen LogP contribution >= 0.6 is 0 Å². The molecule has 0 aromatic carbocycles. The number of pyridine rings is 1. The lowest BCUT2D eigenvalue weighted by molar-refractivity contribution is -0.138. The van der Waals surface area contributed by atoms with Crippen LogP contribution in [0.15, 0.2) is 47.8 Å². The van der Waals surface area contributed by atoms with Crippen LogP contribution in [0, 0.1) is 0 Å². The topological polar surface area (TPSA) is 132 Å².